The lowest BCUT2D eigenvalue weighted by Crippen LogP contribution is -2.47. The Morgan fingerprint density at radius 1 is 0.900 bits per heavy atom. The average molecular weight is 404 g/mol. The summed E-state index contributed by atoms with van der Waals surface area (Å²) in [6.45, 7) is 3.72. The van der Waals surface area contributed by atoms with E-state index < -0.39 is 0 Å². The van der Waals surface area contributed by atoms with Gasteiger partial charge < -0.3 is 19.9 Å². The number of nitrogens with one attached hydrogen (secondary N) is 1. The fourth-order valence-electron chi connectivity index (χ4n) is 3.26. The maximum absolute atomic E-state index is 12.0. The summed E-state index contributed by atoms with van der Waals surface area (Å²) in [6, 6.07) is 15.7. The van der Waals surface area contributed by atoms with Crippen LogP contribution in [0.3, 0.4) is 0 Å². The van der Waals surface area contributed by atoms with E-state index in [2.05, 4.69) is 30.1 Å². The topological polar surface area (TPSA) is 83.5 Å². The second kappa shape index (κ2) is 9.80. The largest absolute Gasteiger partial charge is 0.367 e. The molecule has 3 aromatic rings. The van der Waals surface area contributed by atoms with Crippen LogP contribution in [-0.4, -0.2) is 53.6 Å². The molecule has 0 radical (unpaired) electrons. The second-order valence-electron chi connectivity index (χ2n) is 6.96. The van der Waals surface area contributed by atoms with Gasteiger partial charge in [-0.3, -0.25) is 4.79 Å². The molecule has 0 aliphatic carbocycles. The van der Waals surface area contributed by atoms with E-state index in [1.54, 1.807) is 12.4 Å². The molecule has 1 N–H and O–H groups in total. The van der Waals surface area contributed by atoms with Crippen molar-refractivity contribution in [1.29, 1.82) is 0 Å². The van der Waals surface area contributed by atoms with Gasteiger partial charge in [-0.15, -0.1) is 0 Å². The van der Waals surface area contributed by atoms with E-state index in [9.17, 15) is 4.79 Å². The molecule has 8 heteroatoms. The first-order chi connectivity index (χ1) is 14.8. The zero-order chi connectivity index (χ0) is 20.6. The maximum Gasteiger partial charge on any atom is 0.250 e. The molecule has 1 aliphatic heterocycles. The van der Waals surface area contributed by atoms with E-state index in [4.69, 9.17) is 4.74 Å². The molecule has 0 spiro atoms. The molecule has 1 aromatic carbocycles. The number of benzene rings is 1. The Labute approximate surface area is 175 Å². The number of pyridine rings is 1. The van der Waals surface area contributed by atoms with Gasteiger partial charge in [-0.25, -0.2) is 15.0 Å². The Kier molecular flexibility index (Phi) is 6.46. The van der Waals surface area contributed by atoms with Gasteiger partial charge in [0, 0.05) is 32.4 Å². The van der Waals surface area contributed by atoms with E-state index >= 15 is 0 Å². The van der Waals surface area contributed by atoms with Gasteiger partial charge in [0.2, 0.25) is 11.9 Å². The first-order valence-electron chi connectivity index (χ1n) is 9.92. The molecule has 1 amide bonds. The lowest BCUT2D eigenvalue weighted by Gasteiger charge is -2.35. The van der Waals surface area contributed by atoms with Gasteiger partial charge in [0.05, 0.1) is 24.7 Å². The lowest BCUT2D eigenvalue weighted by molar-refractivity contribution is -0.121. The Balaban J connectivity index is 1.23. The quantitative estimate of drug-likeness (QED) is 0.647. The summed E-state index contributed by atoms with van der Waals surface area (Å²) in [5.41, 5.74) is 1.58. The first kappa shape index (κ1) is 19.8. The normalized spacial score (nSPS) is 13.9. The SMILES string of the molecule is O=C(COCc1ccccc1)Nc1cnc(N2CCN(c3ccccn3)CC2)nc1. The Hall–Kier alpha value is -3.52. The number of piperazine rings is 1. The van der Waals surface area contributed by atoms with Crippen LogP contribution in [0.1, 0.15) is 5.56 Å². The van der Waals surface area contributed by atoms with Gasteiger partial charge in [-0.2, -0.15) is 0 Å². The van der Waals surface area contributed by atoms with E-state index in [1.807, 2.05) is 54.7 Å². The number of nitrogens with zero attached hydrogens (tertiary/aromatic N) is 5. The average Bonchev–Trinajstić information content (AvgIpc) is 2.81. The number of aromatic nitrogens is 3. The molecule has 0 bridgehead atoms. The van der Waals surface area contributed by atoms with Gasteiger partial charge in [0.25, 0.3) is 0 Å². The molecule has 154 valence electrons. The van der Waals surface area contributed by atoms with Gasteiger partial charge in [-0.05, 0) is 17.7 Å². The zero-order valence-corrected chi connectivity index (χ0v) is 16.6. The summed E-state index contributed by atoms with van der Waals surface area (Å²) >= 11 is 0. The van der Waals surface area contributed by atoms with Crippen molar-refractivity contribution >= 4 is 23.4 Å². The van der Waals surface area contributed by atoms with E-state index in [0.717, 1.165) is 37.6 Å². The van der Waals surface area contributed by atoms with E-state index in [-0.39, 0.29) is 12.5 Å². The number of hydrogen-bond donors (Lipinski definition) is 1. The van der Waals surface area contributed by atoms with E-state index in [0.29, 0.717) is 18.2 Å². The van der Waals surface area contributed by atoms with Gasteiger partial charge in [0.1, 0.15) is 12.4 Å². The minimum Gasteiger partial charge on any atom is -0.367 e. The molecule has 0 atom stereocenters. The molecule has 1 aliphatic rings. The highest BCUT2D eigenvalue weighted by Crippen LogP contribution is 2.16. The first-order valence-corrected chi connectivity index (χ1v) is 9.92. The van der Waals surface area contributed by atoms with Crippen molar-refractivity contribution in [2.45, 2.75) is 6.61 Å². The highest BCUT2D eigenvalue weighted by atomic mass is 16.5. The maximum atomic E-state index is 12.0. The van der Waals surface area contributed by atoms with Crippen LogP contribution in [0.4, 0.5) is 17.5 Å². The van der Waals surface area contributed by atoms with Crippen LogP contribution in [-0.2, 0) is 16.1 Å². The van der Waals surface area contributed by atoms with Crippen LogP contribution in [0.15, 0.2) is 67.1 Å². The molecule has 8 nitrogen and oxygen atoms in total. The summed E-state index contributed by atoms with van der Waals surface area (Å²) in [5.74, 6) is 1.42. The monoisotopic (exact) mass is 404 g/mol. The van der Waals surface area contributed by atoms with Crippen molar-refractivity contribution in [2.24, 2.45) is 0 Å². The van der Waals surface area contributed by atoms with Gasteiger partial charge in [-0.1, -0.05) is 36.4 Å². The lowest BCUT2D eigenvalue weighted by atomic mass is 10.2. The standard InChI is InChI=1S/C22H24N6O2/c29-21(17-30-16-18-6-2-1-3-7-18)26-19-14-24-22(25-15-19)28-12-10-27(11-13-28)20-8-4-5-9-23-20/h1-9,14-15H,10-13,16-17H2,(H,26,29). The zero-order valence-electron chi connectivity index (χ0n) is 16.6. The predicted octanol–water partition coefficient (Wildman–Crippen LogP) is 2.35. The number of ether oxygens (including phenoxy) is 1. The molecule has 1 saturated heterocycles. The number of anilines is 3. The summed E-state index contributed by atoms with van der Waals surface area (Å²) in [5, 5.41) is 2.76. The van der Waals surface area contributed by atoms with Gasteiger partial charge in [0.15, 0.2) is 0 Å². The van der Waals surface area contributed by atoms with Crippen LogP contribution >= 0.6 is 0 Å². The van der Waals surface area contributed by atoms with Crippen molar-refractivity contribution in [3.63, 3.8) is 0 Å². The minimum atomic E-state index is -0.230. The van der Waals surface area contributed by atoms with Crippen LogP contribution in [0.2, 0.25) is 0 Å². The second-order valence-corrected chi connectivity index (χ2v) is 6.96. The smallest absolute Gasteiger partial charge is 0.250 e. The molecule has 0 unspecified atom stereocenters. The van der Waals surface area contributed by atoms with Crippen molar-refractivity contribution in [1.82, 2.24) is 15.0 Å². The molecule has 0 saturated carbocycles. The summed E-state index contributed by atoms with van der Waals surface area (Å²) in [7, 11) is 0. The fourth-order valence-corrected chi connectivity index (χ4v) is 3.26. The number of carbonyl (C=O) groups excluding carboxylic acids is 1. The highest BCUT2D eigenvalue weighted by molar-refractivity contribution is 5.91. The van der Waals surface area contributed by atoms with Crippen LogP contribution in [0.25, 0.3) is 0 Å². The highest BCUT2D eigenvalue weighted by Gasteiger charge is 2.19. The molecule has 1 fully saturated rings. The third-order valence-electron chi connectivity index (χ3n) is 4.80. The summed E-state index contributed by atoms with van der Waals surface area (Å²) < 4.78 is 5.45. The van der Waals surface area contributed by atoms with E-state index in [1.165, 1.54) is 0 Å². The molecular weight excluding hydrogens is 380 g/mol. The van der Waals surface area contributed by atoms with Gasteiger partial charge >= 0.3 is 0 Å². The fraction of sp³-hybridized carbons (Fsp3) is 0.273. The molecule has 30 heavy (non-hydrogen) atoms. The molecule has 3 heterocycles. The third kappa shape index (κ3) is 5.30. The molecule has 4 rings (SSSR count). The number of hydrogen-bond acceptors (Lipinski definition) is 7. The third-order valence-corrected chi connectivity index (χ3v) is 4.80. The summed E-state index contributed by atoms with van der Waals surface area (Å²) in [4.78, 5) is 29.6. The van der Waals surface area contributed by atoms with Crippen molar-refractivity contribution in [2.75, 3.05) is 47.9 Å². The summed E-state index contributed by atoms with van der Waals surface area (Å²) in [6.07, 6.45) is 5.07. The Bertz CT molecular complexity index is 929. The molecular formula is C22H24N6O2. The van der Waals surface area contributed by atoms with Crippen molar-refractivity contribution in [3.05, 3.63) is 72.7 Å². The Morgan fingerprint density at radius 3 is 2.30 bits per heavy atom. The number of rotatable bonds is 7. The van der Waals surface area contributed by atoms with Crippen LogP contribution in [0, 0.1) is 0 Å². The Morgan fingerprint density at radius 2 is 1.60 bits per heavy atom. The van der Waals surface area contributed by atoms with Crippen LogP contribution in [0.5, 0.6) is 0 Å². The van der Waals surface area contributed by atoms with Crippen molar-refractivity contribution < 1.29 is 9.53 Å². The van der Waals surface area contributed by atoms with Crippen LogP contribution < -0.4 is 15.1 Å². The number of carbonyl (C=O) groups is 1. The van der Waals surface area contributed by atoms with Crippen molar-refractivity contribution in [3.8, 4) is 0 Å². The number of amides is 1. The predicted molar refractivity (Wildman–Crippen MR) is 115 cm³/mol. The minimum absolute atomic E-state index is 0.0217. The molecule has 2 aromatic heterocycles.